The molecule has 1 amide bonds. The van der Waals surface area contributed by atoms with E-state index in [9.17, 15) is 9.90 Å². The van der Waals surface area contributed by atoms with Crippen LogP contribution in [0.4, 0.5) is 0 Å². The fourth-order valence-electron chi connectivity index (χ4n) is 2.37. The zero-order chi connectivity index (χ0) is 11.5. The minimum absolute atomic E-state index is 0.0356. The van der Waals surface area contributed by atoms with E-state index >= 15 is 0 Å². The summed E-state index contributed by atoms with van der Waals surface area (Å²) >= 11 is 0. The van der Waals surface area contributed by atoms with Crippen LogP contribution < -0.4 is 0 Å². The standard InChI is InChI=1S/C13H17NO2/c1-10(16)14-7-6-11-4-2-3-5-12(11)8-13(14)9-15/h2-5,13,15H,6-9H2,1H3. The van der Waals surface area contributed by atoms with Gasteiger partial charge in [0.25, 0.3) is 0 Å². The first-order valence-electron chi connectivity index (χ1n) is 5.67. The number of hydrogen-bond donors (Lipinski definition) is 1. The molecule has 86 valence electrons. The van der Waals surface area contributed by atoms with Crippen molar-refractivity contribution in [1.82, 2.24) is 4.90 Å². The van der Waals surface area contributed by atoms with Gasteiger partial charge < -0.3 is 10.0 Å². The van der Waals surface area contributed by atoms with Gasteiger partial charge in [0, 0.05) is 13.5 Å². The molecule has 1 aliphatic rings. The highest BCUT2D eigenvalue weighted by Crippen LogP contribution is 2.19. The van der Waals surface area contributed by atoms with E-state index in [1.165, 1.54) is 11.1 Å². The number of aliphatic hydroxyl groups excluding tert-OH is 1. The topological polar surface area (TPSA) is 40.5 Å². The summed E-state index contributed by atoms with van der Waals surface area (Å²) in [6.07, 6.45) is 1.64. The number of benzene rings is 1. The quantitative estimate of drug-likeness (QED) is 0.765. The molecule has 3 nitrogen and oxygen atoms in total. The van der Waals surface area contributed by atoms with Gasteiger partial charge in [-0.25, -0.2) is 0 Å². The summed E-state index contributed by atoms with van der Waals surface area (Å²) in [6, 6.07) is 8.16. The van der Waals surface area contributed by atoms with Gasteiger partial charge in [-0.3, -0.25) is 4.79 Å². The number of rotatable bonds is 1. The maximum atomic E-state index is 11.5. The van der Waals surface area contributed by atoms with Crippen molar-refractivity contribution in [3.63, 3.8) is 0 Å². The van der Waals surface area contributed by atoms with E-state index in [1.807, 2.05) is 12.1 Å². The highest BCUT2D eigenvalue weighted by atomic mass is 16.3. The fraction of sp³-hybridized carbons (Fsp3) is 0.462. The number of aliphatic hydroxyl groups is 1. The zero-order valence-electron chi connectivity index (χ0n) is 9.52. The highest BCUT2D eigenvalue weighted by molar-refractivity contribution is 5.73. The molecule has 3 heteroatoms. The molecule has 1 atom stereocenters. The molecule has 1 aromatic rings. The van der Waals surface area contributed by atoms with Crippen molar-refractivity contribution < 1.29 is 9.90 Å². The first-order chi connectivity index (χ1) is 7.72. The molecule has 1 heterocycles. The average molecular weight is 219 g/mol. The van der Waals surface area contributed by atoms with Crippen molar-refractivity contribution in [2.75, 3.05) is 13.2 Å². The molecule has 0 bridgehead atoms. The second-order valence-corrected chi connectivity index (χ2v) is 4.27. The van der Waals surface area contributed by atoms with Crippen LogP contribution in [0.5, 0.6) is 0 Å². The summed E-state index contributed by atoms with van der Waals surface area (Å²) in [5.41, 5.74) is 2.55. The molecule has 0 saturated carbocycles. The molecule has 1 unspecified atom stereocenters. The van der Waals surface area contributed by atoms with Gasteiger partial charge in [0.1, 0.15) is 0 Å². The Labute approximate surface area is 95.7 Å². The molecule has 1 N–H and O–H groups in total. The van der Waals surface area contributed by atoms with E-state index in [1.54, 1.807) is 11.8 Å². The third-order valence-corrected chi connectivity index (χ3v) is 3.25. The SMILES string of the molecule is CC(=O)N1CCc2ccccc2CC1CO. The molecule has 1 aliphatic heterocycles. The number of nitrogens with zero attached hydrogens (tertiary/aromatic N) is 1. The van der Waals surface area contributed by atoms with Crippen LogP contribution in [0.1, 0.15) is 18.1 Å². The first-order valence-corrected chi connectivity index (χ1v) is 5.67. The number of fused-ring (bicyclic) bond motifs is 1. The van der Waals surface area contributed by atoms with Crippen LogP contribution in [0.3, 0.4) is 0 Å². The lowest BCUT2D eigenvalue weighted by molar-refractivity contribution is -0.131. The van der Waals surface area contributed by atoms with E-state index < -0.39 is 0 Å². The van der Waals surface area contributed by atoms with Gasteiger partial charge in [-0.2, -0.15) is 0 Å². The van der Waals surface area contributed by atoms with Gasteiger partial charge in [-0.1, -0.05) is 24.3 Å². The second-order valence-electron chi connectivity index (χ2n) is 4.27. The first kappa shape index (κ1) is 11.1. The predicted octanol–water partition coefficient (Wildman–Crippen LogP) is 0.995. The van der Waals surface area contributed by atoms with E-state index in [0.29, 0.717) is 6.54 Å². The lowest BCUT2D eigenvalue weighted by Gasteiger charge is -2.27. The van der Waals surface area contributed by atoms with Crippen LogP contribution in [-0.4, -0.2) is 35.1 Å². The lowest BCUT2D eigenvalue weighted by atomic mass is 10.0. The molecular weight excluding hydrogens is 202 g/mol. The van der Waals surface area contributed by atoms with Gasteiger partial charge in [0.05, 0.1) is 12.6 Å². The second kappa shape index (κ2) is 4.66. The Morgan fingerprint density at radius 3 is 2.75 bits per heavy atom. The van der Waals surface area contributed by atoms with Crippen LogP contribution in [-0.2, 0) is 17.6 Å². The number of amides is 1. The number of carbonyl (C=O) groups is 1. The zero-order valence-corrected chi connectivity index (χ0v) is 9.52. The Balaban J connectivity index is 2.28. The summed E-state index contributed by atoms with van der Waals surface area (Å²) in [4.78, 5) is 13.3. The molecule has 0 aromatic heterocycles. The van der Waals surface area contributed by atoms with Crippen molar-refractivity contribution in [2.24, 2.45) is 0 Å². The molecular formula is C13H17NO2. The van der Waals surface area contributed by atoms with Crippen molar-refractivity contribution >= 4 is 5.91 Å². The Morgan fingerprint density at radius 1 is 1.44 bits per heavy atom. The monoisotopic (exact) mass is 219 g/mol. The molecule has 16 heavy (non-hydrogen) atoms. The summed E-state index contributed by atoms with van der Waals surface area (Å²) in [7, 11) is 0. The molecule has 0 spiro atoms. The fourth-order valence-corrected chi connectivity index (χ4v) is 2.37. The molecule has 0 radical (unpaired) electrons. The van der Waals surface area contributed by atoms with Gasteiger partial charge in [-0.05, 0) is 24.0 Å². The third-order valence-electron chi connectivity index (χ3n) is 3.25. The smallest absolute Gasteiger partial charge is 0.219 e. The Morgan fingerprint density at radius 2 is 2.12 bits per heavy atom. The normalized spacial score (nSPS) is 20.1. The van der Waals surface area contributed by atoms with Crippen molar-refractivity contribution in [3.05, 3.63) is 35.4 Å². The lowest BCUT2D eigenvalue weighted by Crippen LogP contribution is -2.42. The number of carbonyl (C=O) groups excluding carboxylic acids is 1. The van der Waals surface area contributed by atoms with E-state index in [-0.39, 0.29) is 18.6 Å². The largest absolute Gasteiger partial charge is 0.394 e. The summed E-state index contributed by atoms with van der Waals surface area (Å²) in [5, 5.41) is 9.37. The van der Waals surface area contributed by atoms with E-state index in [2.05, 4.69) is 12.1 Å². The average Bonchev–Trinajstić information content (AvgIpc) is 2.47. The molecule has 0 aliphatic carbocycles. The Bertz CT molecular complexity index is 389. The maximum Gasteiger partial charge on any atom is 0.219 e. The van der Waals surface area contributed by atoms with E-state index in [4.69, 9.17) is 0 Å². The summed E-state index contributed by atoms with van der Waals surface area (Å²) in [6.45, 7) is 2.31. The van der Waals surface area contributed by atoms with E-state index in [0.717, 1.165) is 12.8 Å². The Kier molecular flexibility index (Phi) is 3.25. The van der Waals surface area contributed by atoms with Crippen LogP contribution in [0, 0.1) is 0 Å². The van der Waals surface area contributed by atoms with Crippen LogP contribution in [0.2, 0.25) is 0 Å². The molecule has 0 fully saturated rings. The number of hydrogen-bond acceptors (Lipinski definition) is 2. The van der Waals surface area contributed by atoms with Crippen molar-refractivity contribution in [2.45, 2.75) is 25.8 Å². The van der Waals surface area contributed by atoms with Crippen LogP contribution in [0.15, 0.2) is 24.3 Å². The third kappa shape index (κ3) is 2.09. The minimum Gasteiger partial charge on any atom is -0.394 e. The van der Waals surface area contributed by atoms with Crippen molar-refractivity contribution in [1.29, 1.82) is 0 Å². The highest BCUT2D eigenvalue weighted by Gasteiger charge is 2.24. The maximum absolute atomic E-state index is 11.5. The van der Waals surface area contributed by atoms with Crippen molar-refractivity contribution in [3.8, 4) is 0 Å². The Hall–Kier alpha value is -1.35. The summed E-state index contributed by atoms with van der Waals surface area (Å²) < 4.78 is 0. The predicted molar refractivity (Wildman–Crippen MR) is 62.1 cm³/mol. The summed E-state index contributed by atoms with van der Waals surface area (Å²) in [5.74, 6) is 0.0480. The van der Waals surface area contributed by atoms with Crippen LogP contribution in [0.25, 0.3) is 0 Å². The molecule has 1 aromatic carbocycles. The van der Waals surface area contributed by atoms with Gasteiger partial charge >= 0.3 is 0 Å². The van der Waals surface area contributed by atoms with Gasteiger partial charge in [0.15, 0.2) is 0 Å². The molecule has 2 rings (SSSR count). The molecule has 0 saturated heterocycles. The minimum atomic E-state index is -0.0684. The van der Waals surface area contributed by atoms with Crippen LogP contribution >= 0.6 is 0 Å². The van der Waals surface area contributed by atoms with Gasteiger partial charge in [0.2, 0.25) is 5.91 Å². The van der Waals surface area contributed by atoms with Gasteiger partial charge in [-0.15, -0.1) is 0 Å².